The Hall–Kier alpha value is 0.940. The Labute approximate surface area is 118 Å². The highest BCUT2D eigenvalue weighted by atomic mass is 127. The molecular weight excluding hydrogens is 389 g/mol. The number of hydrogen-bond acceptors (Lipinski definition) is 3. The van der Waals surface area contributed by atoms with Crippen molar-refractivity contribution in [2.45, 2.75) is 0 Å². The molecule has 0 saturated heterocycles. The molecule has 1 aromatic rings. The van der Waals surface area contributed by atoms with Crippen LogP contribution in [0.2, 0.25) is 10.0 Å². The summed E-state index contributed by atoms with van der Waals surface area (Å²) < 4.78 is 11.4. The second-order valence-corrected chi connectivity index (χ2v) is 8.80. The van der Waals surface area contributed by atoms with Gasteiger partial charge in [-0.25, -0.2) is 0 Å². The fraction of sp³-hybridized carbons (Fsp3) is 0.250. The Morgan fingerprint density at radius 1 is 1.33 bits per heavy atom. The fourth-order valence-electron chi connectivity index (χ4n) is 0.790. The van der Waals surface area contributed by atoms with Gasteiger partial charge < -0.3 is 9.05 Å². The molecule has 1 rings (SSSR count). The molecule has 0 spiro atoms. The fourth-order valence-corrected chi connectivity index (χ4v) is 2.67. The standard InChI is InChI=1S/C8H8Cl2IO2PS/c1-12-14(2,15)13-8-4-5(9)7(11)3-6(8)10/h3-4H,1-2H3. The minimum atomic E-state index is -2.27. The van der Waals surface area contributed by atoms with Crippen LogP contribution in [0.4, 0.5) is 0 Å². The molecule has 1 aromatic carbocycles. The molecule has 1 unspecified atom stereocenters. The molecule has 7 heteroatoms. The summed E-state index contributed by atoms with van der Waals surface area (Å²) in [5, 5.41) is 1.07. The molecule has 0 radical (unpaired) electrons. The average Bonchev–Trinajstić information content (AvgIpc) is 2.14. The van der Waals surface area contributed by atoms with Gasteiger partial charge in [-0.2, -0.15) is 0 Å². The molecule has 0 aliphatic carbocycles. The Kier molecular flexibility index (Phi) is 5.15. The predicted molar refractivity (Wildman–Crippen MR) is 77.0 cm³/mol. The number of hydrogen-bond donors (Lipinski definition) is 0. The minimum absolute atomic E-state index is 0.467. The summed E-state index contributed by atoms with van der Waals surface area (Å²) in [5.41, 5.74) is 0. The lowest BCUT2D eigenvalue weighted by molar-refractivity contribution is 0.398. The van der Waals surface area contributed by atoms with Crippen LogP contribution in [-0.4, -0.2) is 13.8 Å². The molecule has 0 aromatic heterocycles. The van der Waals surface area contributed by atoms with Gasteiger partial charge in [-0.1, -0.05) is 23.2 Å². The highest BCUT2D eigenvalue weighted by Crippen LogP contribution is 2.46. The summed E-state index contributed by atoms with van der Waals surface area (Å²) in [5.74, 6) is 0.467. The third kappa shape index (κ3) is 4.02. The Balaban J connectivity index is 3.06. The van der Waals surface area contributed by atoms with E-state index in [2.05, 4.69) is 22.6 Å². The molecule has 0 saturated carbocycles. The quantitative estimate of drug-likeness (QED) is 0.424. The topological polar surface area (TPSA) is 18.5 Å². The van der Waals surface area contributed by atoms with Gasteiger partial charge in [-0.3, -0.25) is 0 Å². The molecule has 0 amide bonds. The van der Waals surface area contributed by atoms with Gasteiger partial charge in [0.2, 0.25) is 6.49 Å². The predicted octanol–water partition coefficient (Wildman–Crippen LogP) is 4.56. The highest BCUT2D eigenvalue weighted by molar-refractivity contribution is 14.1. The first-order chi connectivity index (χ1) is 6.85. The maximum Gasteiger partial charge on any atom is 0.234 e. The van der Waals surface area contributed by atoms with Crippen LogP contribution >= 0.6 is 52.3 Å². The van der Waals surface area contributed by atoms with Gasteiger partial charge in [0.1, 0.15) is 5.75 Å². The highest BCUT2D eigenvalue weighted by Gasteiger charge is 2.14. The van der Waals surface area contributed by atoms with Crippen LogP contribution in [0.15, 0.2) is 12.1 Å². The summed E-state index contributed by atoms with van der Waals surface area (Å²) in [6.07, 6.45) is 0. The van der Waals surface area contributed by atoms with Gasteiger partial charge in [-0.15, -0.1) is 0 Å². The number of benzene rings is 1. The largest absolute Gasteiger partial charge is 0.442 e. The molecule has 15 heavy (non-hydrogen) atoms. The molecule has 0 fully saturated rings. The maximum atomic E-state index is 5.99. The van der Waals surface area contributed by atoms with Gasteiger partial charge in [0, 0.05) is 23.4 Å². The molecule has 0 bridgehead atoms. The van der Waals surface area contributed by atoms with E-state index in [-0.39, 0.29) is 0 Å². The van der Waals surface area contributed by atoms with Crippen LogP contribution in [0.25, 0.3) is 0 Å². The van der Waals surface area contributed by atoms with Gasteiger partial charge in [0.25, 0.3) is 0 Å². The van der Waals surface area contributed by atoms with E-state index in [0.717, 1.165) is 3.57 Å². The lowest BCUT2D eigenvalue weighted by Gasteiger charge is -2.17. The van der Waals surface area contributed by atoms with Gasteiger partial charge in [0.15, 0.2) is 0 Å². The first-order valence-corrected chi connectivity index (χ1v) is 8.75. The van der Waals surface area contributed by atoms with Crippen LogP contribution in [0.5, 0.6) is 5.75 Å². The van der Waals surface area contributed by atoms with Crippen molar-refractivity contribution >= 4 is 64.1 Å². The van der Waals surface area contributed by atoms with E-state index in [4.69, 9.17) is 44.1 Å². The van der Waals surface area contributed by atoms with E-state index in [1.165, 1.54) is 7.11 Å². The average molecular weight is 397 g/mol. The third-order valence-corrected chi connectivity index (χ3v) is 5.25. The van der Waals surface area contributed by atoms with Crippen LogP contribution in [0, 0.1) is 3.57 Å². The first kappa shape index (κ1) is 14.0. The molecule has 0 heterocycles. The third-order valence-electron chi connectivity index (χ3n) is 1.57. The molecule has 0 aliphatic rings. The van der Waals surface area contributed by atoms with Crippen molar-refractivity contribution in [3.63, 3.8) is 0 Å². The maximum absolute atomic E-state index is 5.99. The van der Waals surface area contributed by atoms with E-state index < -0.39 is 6.49 Å². The monoisotopic (exact) mass is 396 g/mol. The van der Waals surface area contributed by atoms with E-state index in [1.54, 1.807) is 18.8 Å². The molecule has 0 aliphatic heterocycles. The zero-order chi connectivity index (χ0) is 11.6. The van der Waals surface area contributed by atoms with Crippen LogP contribution in [-0.2, 0) is 16.3 Å². The minimum Gasteiger partial charge on any atom is -0.442 e. The molecule has 1 atom stereocenters. The second-order valence-electron chi connectivity index (χ2n) is 2.74. The van der Waals surface area contributed by atoms with E-state index in [1.807, 2.05) is 0 Å². The van der Waals surface area contributed by atoms with Crippen LogP contribution < -0.4 is 4.52 Å². The summed E-state index contributed by atoms with van der Waals surface area (Å²) in [4.78, 5) is 0. The van der Waals surface area contributed by atoms with Crippen molar-refractivity contribution < 1.29 is 9.05 Å². The summed E-state index contributed by atoms with van der Waals surface area (Å²) >= 11 is 19.2. The summed E-state index contributed by atoms with van der Waals surface area (Å²) in [6, 6.07) is 3.38. The van der Waals surface area contributed by atoms with Gasteiger partial charge >= 0.3 is 0 Å². The molecule has 0 N–H and O–H groups in total. The van der Waals surface area contributed by atoms with Gasteiger partial charge in [0.05, 0.1) is 10.0 Å². The number of rotatable bonds is 3. The van der Waals surface area contributed by atoms with E-state index >= 15 is 0 Å². The Morgan fingerprint density at radius 3 is 2.47 bits per heavy atom. The van der Waals surface area contributed by atoms with E-state index in [0.29, 0.717) is 15.8 Å². The number of halogens is 3. The van der Waals surface area contributed by atoms with Crippen molar-refractivity contribution in [1.82, 2.24) is 0 Å². The van der Waals surface area contributed by atoms with Crippen LogP contribution in [0.3, 0.4) is 0 Å². The lowest BCUT2D eigenvalue weighted by atomic mass is 10.3. The lowest BCUT2D eigenvalue weighted by Crippen LogP contribution is -1.94. The Bertz CT molecular complexity index is 427. The van der Waals surface area contributed by atoms with Crippen molar-refractivity contribution in [3.05, 3.63) is 25.7 Å². The van der Waals surface area contributed by atoms with Crippen molar-refractivity contribution in [3.8, 4) is 5.75 Å². The zero-order valence-electron chi connectivity index (χ0n) is 7.96. The summed E-state index contributed by atoms with van der Waals surface area (Å²) in [6.45, 7) is -0.543. The molecule has 2 nitrogen and oxygen atoms in total. The first-order valence-electron chi connectivity index (χ1n) is 3.83. The van der Waals surface area contributed by atoms with Gasteiger partial charge in [-0.05, 0) is 40.5 Å². The normalized spacial score (nSPS) is 14.7. The van der Waals surface area contributed by atoms with Crippen molar-refractivity contribution in [1.29, 1.82) is 0 Å². The van der Waals surface area contributed by atoms with E-state index in [9.17, 15) is 0 Å². The Morgan fingerprint density at radius 2 is 1.93 bits per heavy atom. The summed E-state index contributed by atoms with van der Waals surface area (Å²) in [7, 11) is 1.52. The molecular formula is C8H8Cl2IO2PS. The second kappa shape index (κ2) is 5.52. The van der Waals surface area contributed by atoms with Crippen molar-refractivity contribution in [2.75, 3.05) is 13.8 Å². The SMILES string of the molecule is COP(C)(=S)Oc1cc(Cl)c(I)cc1Cl. The van der Waals surface area contributed by atoms with Crippen molar-refractivity contribution in [2.24, 2.45) is 0 Å². The van der Waals surface area contributed by atoms with Crippen LogP contribution in [0.1, 0.15) is 0 Å². The smallest absolute Gasteiger partial charge is 0.234 e. The molecule has 84 valence electrons. The zero-order valence-corrected chi connectivity index (χ0v) is 13.3.